The molecule has 0 fully saturated rings. The Morgan fingerprint density at radius 3 is 2.81 bits per heavy atom. The maximum atomic E-state index is 11.0. The molecule has 1 aromatic heterocycles. The Balaban J connectivity index is 2.46. The zero-order valence-electron chi connectivity index (χ0n) is 10.7. The lowest BCUT2D eigenvalue weighted by molar-refractivity contribution is -0.386. The van der Waals surface area contributed by atoms with E-state index in [1.165, 1.54) is 24.4 Å². The van der Waals surface area contributed by atoms with Crippen molar-refractivity contribution in [3.63, 3.8) is 0 Å². The van der Waals surface area contributed by atoms with Gasteiger partial charge in [0.1, 0.15) is 5.75 Å². The van der Waals surface area contributed by atoms with Crippen LogP contribution in [0.25, 0.3) is 0 Å². The minimum Gasteiger partial charge on any atom is -0.478 e. The molecule has 0 saturated heterocycles. The zero-order chi connectivity index (χ0) is 15.6. The van der Waals surface area contributed by atoms with Gasteiger partial charge in [-0.25, -0.2) is 9.78 Å². The molecule has 0 atom stereocenters. The normalized spacial score (nSPS) is 10.2. The molecular formula is C13H9ClN2O5. The first-order valence-corrected chi connectivity index (χ1v) is 6.08. The van der Waals surface area contributed by atoms with Crippen molar-refractivity contribution in [2.75, 3.05) is 0 Å². The van der Waals surface area contributed by atoms with Gasteiger partial charge in [-0.15, -0.1) is 0 Å². The number of rotatable bonds is 4. The van der Waals surface area contributed by atoms with Crippen molar-refractivity contribution in [3.8, 4) is 11.6 Å². The molecule has 0 radical (unpaired) electrons. The van der Waals surface area contributed by atoms with Crippen LogP contribution in [0.2, 0.25) is 5.02 Å². The number of nitro groups is 1. The van der Waals surface area contributed by atoms with Gasteiger partial charge < -0.3 is 9.84 Å². The Kier molecular flexibility index (Phi) is 4.04. The molecule has 0 amide bonds. The topological polar surface area (TPSA) is 103 Å². The fourth-order valence-electron chi connectivity index (χ4n) is 1.69. The minimum absolute atomic E-state index is 0.0455. The van der Waals surface area contributed by atoms with Crippen LogP contribution in [-0.4, -0.2) is 21.0 Å². The molecule has 1 heterocycles. The summed E-state index contributed by atoms with van der Waals surface area (Å²) < 4.78 is 5.37. The molecule has 0 unspecified atom stereocenters. The van der Waals surface area contributed by atoms with Gasteiger partial charge in [0.15, 0.2) is 0 Å². The van der Waals surface area contributed by atoms with E-state index in [4.69, 9.17) is 21.4 Å². The number of carboxylic acids is 1. The lowest BCUT2D eigenvalue weighted by Gasteiger charge is -2.09. The van der Waals surface area contributed by atoms with E-state index in [0.29, 0.717) is 5.56 Å². The smallest absolute Gasteiger partial charge is 0.336 e. The molecule has 7 nitrogen and oxygen atoms in total. The van der Waals surface area contributed by atoms with E-state index in [1.54, 1.807) is 6.92 Å². The van der Waals surface area contributed by atoms with Crippen LogP contribution in [0, 0.1) is 17.0 Å². The van der Waals surface area contributed by atoms with Crippen LogP contribution in [0.15, 0.2) is 30.5 Å². The van der Waals surface area contributed by atoms with Gasteiger partial charge in [-0.2, -0.15) is 0 Å². The highest BCUT2D eigenvalue weighted by molar-refractivity contribution is 6.30. The number of hydrogen-bond acceptors (Lipinski definition) is 5. The van der Waals surface area contributed by atoms with E-state index >= 15 is 0 Å². The molecule has 0 aliphatic heterocycles. The molecule has 1 aromatic carbocycles. The van der Waals surface area contributed by atoms with Crippen LogP contribution in [0.4, 0.5) is 5.69 Å². The van der Waals surface area contributed by atoms with Crippen molar-refractivity contribution in [2.45, 2.75) is 6.92 Å². The first kappa shape index (κ1) is 14.7. The van der Waals surface area contributed by atoms with E-state index in [-0.39, 0.29) is 22.2 Å². The van der Waals surface area contributed by atoms with Gasteiger partial charge in [0.2, 0.25) is 0 Å². The highest BCUT2D eigenvalue weighted by Gasteiger charge is 2.20. The summed E-state index contributed by atoms with van der Waals surface area (Å²) in [5.41, 5.74) is -0.0113. The van der Waals surface area contributed by atoms with Crippen LogP contribution in [0.5, 0.6) is 11.6 Å². The summed E-state index contributed by atoms with van der Waals surface area (Å²) in [6.07, 6.45) is 1.21. The van der Waals surface area contributed by atoms with Gasteiger partial charge in [-0.05, 0) is 19.1 Å². The van der Waals surface area contributed by atoms with E-state index in [2.05, 4.69) is 4.98 Å². The second kappa shape index (κ2) is 5.76. The van der Waals surface area contributed by atoms with Gasteiger partial charge in [0.25, 0.3) is 5.88 Å². The van der Waals surface area contributed by atoms with E-state index in [9.17, 15) is 14.9 Å². The molecular weight excluding hydrogens is 300 g/mol. The number of carbonyl (C=O) groups is 1. The molecule has 0 aliphatic rings. The van der Waals surface area contributed by atoms with Crippen LogP contribution in [0.1, 0.15) is 15.9 Å². The van der Waals surface area contributed by atoms with E-state index in [0.717, 1.165) is 6.07 Å². The lowest BCUT2D eigenvalue weighted by atomic mass is 10.1. The predicted octanol–water partition coefficient (Wildman–Crippen LogP) is 3.44. The van der Waals surface area contributed by atoms with Crippen molar-refractivity contribution < 1.29 is 19.6 Å². The summed E-state index contributed by atoms with van der Waals surface area (Å²) in [5, 5.41) is 20.1. The number of benzene rings is 1. The lowest BCUT2D eigenvalue weighted by Crippen LogP contribution is -2.02. The quantitative estimate of drug-likeness (QED) is 0.685. The maximum absolute atomic E-state index is 11.0. The average molecular weight is 309 g/mol. The fourth-order valence-corrected chi connectivity index (χ4v) is 1.84. The number of nitrogens with zero attached hydrogens (tertiary/aromatic N) is 2. The Morgan fingerprint density at radius 1 is 1.48 bits per heavy atom. The number of aromatic carboxylic acids is 1. The third-order valence-corrected chi connectivity index (χ3v) is 2.92. The van der Waals surface area contributed by atoms with Crippen molar-refractivity contribution in [3.05, 3.63) is 56.7 Å². The highest BCUT2D eigenvalue weighted by atomic mass is 35.5. The Labute approximate surface area is 123 Å². The van der Waals surface area contributed by atoms with E-state index < -0.39 is 16.6 Å². The summed E-state index contributed by atoms with van der Waals surface area (Å²) in [6, 6.07) is 5.50. The second-order valence-corrected chi connectivity index (χ2v) is 4.51. The summed E-state index contributed by atoms with van der Waals surface area (Å²) in [4.78, 5) is 25.1. The predicted molar refractivity (Wildman–Crippen MR) is 74.1 cm³/mol. The van der Waals surface area contributed by atoms with Crippen LogP contribution in [-0.2, 0) is 0 Å². The molecule has 0 spiro atoms. The summed E-state index contributed by atoms with van der Waals surface area (Å²) in [5.74, 6) is -1.20. The number of ether oxygens (including phenoxy) is 1. The maximum Gasteiger partial charge on any atom is 0.336 e. The summed E-state index contributed by atoms with van der Waals surface area (Å²) >= 11 is 5.66. The van der Waals surface area contributed by atoms with Crippen LogP contribution in [0.3, 0.4) is 0 Å². The molecule has 0 bridgehead atoms. The number of pyridine rings is 1. The molecule has 8 heteroatoms. The number of carboxylic acid groups (broad SMARTS) is 1. The summed E-state index contributed by atoms with van der Waals surface area (Å²) in [6.45, 7) is 1.54. The van der Waals surface area contributed by atoms with Crippen molar-refractivity contribution >= 4 is 23.3 Å². The summed E-state index contributed by atoms with van der Waals surface area (Å²) in [7, 11) is 0. The third kappa shape index (κ3) is 3.09. The van der Waals surface area contributed by atoms with E-state index in [1.807, 2.05) is 0 Å². The number of halogens is 1. The largest absolute Gasteiger partial charge is 0.478 e. The van der Waals surface area contributed by atoms with Crippen molar-refractivity contribution in [1.82, 2.24) is 4.98 Å². The highest BCUT2D eigenvalue weighted by Crippen LogP contribution is 2.33. The van der Waals surface area contributed by atoms with Gasteiger partial charge in [-0.1, -0.05) is 17.7 Å². The molecule has 0 saturated carbocycles. The molecule has 2 rings (SSSR count). The Hall–Kier alpha value is -2.67. The van der Waals surface area contributed by atoms with Crippen molar-refractivity contribution in [1.29, 1.82) is 0 Å². The molecule has 108 valence electrons. The van der Waals surface area contributed by atoms with Gasteiger partial charge >= 0.3 is 11.7 Å². The fraction of sp³-hybridized carbons (Fsp3) is 0.0769. The van der Waals surface area contributed by atoms with Crippen LogP contribution < -0.4 is 4.74 Å². The monoisotopic (exact) mass is 308 g/mol. The van der Waals surface area contributed by atoms with Gasteiger partial charge in [0, 0.05) is 11.6 Å². The average Bonchev–Trinajstić information content (AvgIpc) is 2.42. The second-order valence-electron chi connectivity index (χ2n) is 4.07. The number of aromatic nitrogens is 1. The van der Waals surface area contributed by atoms with Crippen LogP contribution >= 0.6 is 11.6 Å². The molecule has 1 N–H and O–H groups in total. The SMILES string of the molecule is Cc1c(Oc2ncc(Cl)cc2[N+](=O)[O-])cccc1C(=O)O. The standard InChI is InChI=1S/C13H9ClN2O5/c1-7-9(13(17)18)3-2-4-11(7)21-12-10(16(19)20)5-8(14)6-15-12/h2-6H,1H3,(H,17,18). The first-order chi connectivity index (χ1) is 9.90. The third-order valence-electron chi connectivity index (χ3n) is 2.72. The molecule has 0 aliphatic carbocycles. The van der Waals surface area contributed by atoms with Crippen molar-refractivity contribution in [2.24, 2.45) is 0 Å². The first-order valence-electron chi connectivity index (χ1n) is 5.71. The molecule has 2 aromatic rings. The zero-order valence-corrected chi connectivity index (χ0v) is 11.5. The van der Waals surface area contributed by atoms with Gasteiger partial charge in [0.05, 0.1) is 21.7 Å². The van der Waals surface area contributed by atoms with Gasteiger partial charge in [-0.3, -0.25) is 10.1 Å². The molecule has 21 heavy (non-hydrogen) atoms. The number of hydrogen-bond donors (Lipinski definition) is 1. The minimum atomic E-state index is -1.11. The Morgan fingerprint density at radius 2 is 2.19 bits per heavy atom. The Bertz CT molecular complexity index is 732.